The first-order valence-corrected chi connectivity index (χ1v) is 10.9. The van der Waals surface area contributed by atoms with Gasteiger partial charge in [-0.2, -0.15) is 0 Å². The molecule has 1 fully saturated rings. The Hall–Kier alpha value is -3.75. The van der Waals surface area contributed by atoms with E-state index in [1.54, 1.807) is 24.3 Å². The molecule has 0 saturated carbocycles. The minimum atomic E-state index is -0.750. The van der Waals surface area contributed by atoms with E-state index in [2.05, 4.69) is 20.8 Å². The molecule has 0 spiro atoms. The molecule has 1 saturated heterocycles. The highest BCUT2D eigenvalue weighted by atomic mass is 16.2. The number of fused-ring (bicyclic) bond motifs is 2. The fourth-order valence-corrected chi connectivity index (χ4v) is 4.49. The second-order valence-electron chi connectivity index (χ2n) is 8.27. The summed E-state index contributed by atoms with van der Waals surface area (Å²) in [5, 5.41) is 14.1. The van der Waals surface area contributed by atoms with E-state index in [1.165, 1.54) is 0 Å². The van der Waals surface area contributed by atoms with Crippen molar-refractivity contribution in [1.82, 2.24) is 24.8 Å². The van der Waals surface area contributed by atoms with E-state index in [-0.39, 0.29) is 36.5 Å². The number of carbonyl (C=O) groups is 3. The van der Waals surface area contributed by atoms with Crippen LogP contribution in [0.15, 0.2) is 48.7 Å². The number of hydrogen-bond donors (Lipinski definition) is 2. The third-order valence-corrected chi connectivity index (χ3v) is 6.18. The molecule has 0 aliphatic carbocycles. The van der Waals surface area contributed by atoms with E-state index >= 15 is 0 Å². The number of rotatable bonds is 4. The van der Waals surface area contributed by atoms with Gasteiger partial charge in [-0.25, -0.2) is 0 Å². The Labute approximate surface area is 184 Å². The quantitative estimate of drug-likeness (QED) is 0.655. The summed E-state index contributed by atoms with van der Waals surface area (Å²) < 4.78 is 1.97. The van der Waals surface area contributed by atoms with Crippen LogP contribution in [-0.2, 0) is 9.59 Å². The maximum absolute atomic E-state index is 13.0. The highest BCUT2D eigenvalue weighted by Crippen LogP contribution is 2.27. The zero-order valence-corrected chi connectivity index (χ0v) is 17.5. The molecular weight excluding hydrogens is 408 g/mol. The number of pyridine rings is 1. The van der Waals surface area contributed by atoms with Gasteiger partial charge >= 0.3 is 0 Å². The number of hydrogen-bond acceptors (Lipinski definition) is 5. The normalized spacial score (nSPS) is 20.9. The fourth-order valence-electron chi connectivity index (χ4n) is 4.49. The molecule has 0 bridgehead atoms. The molecular formula is C23H24N6O3. The predicted molar refractivity (Wildman–Crippen MR) is 117 cm³/mol. The van der Waals surface area contributed by atoms with Gasteiger partial charge in [-0.3, -0.25) is 18.8 Å². The summed E-state index contributed by atoms with van der Waals surface area (Å²) >= 11 is 0. The van der Waals surface area contributed by atoms with Crippen molar-refractivity contribution in [3.63, 3.8) is 0 Å². The minimum absolute atomic E-state index is 0.0210. The van der Waals surface area contributed by atoms with Gasteiger partial charge in [-0.1, -0.05) is 18.2 Å². The lowest BCUT2D eigenvalue weighted by Crippen LogP contribution is -2.43. The number of piperidine rings is 1. The van der Waals surface area contributed by atoms with Crippen LogP contribution in [0, 0.1) is 0 Å². The van der Waals surface area contributed by atoms with Crippen molar-refractivity contribution < 1.29 is 14.4 Å². The Balaban J connectivity index is 1.22. The van der Waals surface area contributed by atoms with Crippen LogP contribution in [-0.4, -0.2) is 56.4 Å². The largest absolute Gasteiger partial charge is 0.342 e. The number of nitrogens with one attached hydrogen (secondary N) is 2. The van der Waals surface area contributed by atoms with Crippen LogP contribution in [0.2, 0.25) is 0 Å². The van der Waals surface area contributed by atoms with E-state index in [0.717, 1.165) is 24.3 Å². The Morgan fingerprint density at radius 3 is 2.84 bits per heavy atom. The van der Waals surface area contributed by atoms with Gasteiger partial charge in [0.1, 0.15) is 11.9 Å². The molecule has 2 aromatic heterocycles. The summed E-state index contributed by atoms with van der Waals surface area (Å²) in [7, 11) is 0. The molecule has 1 aromatic carbocycles. The fraction of sp³-hybridized carbons (Fsp3) is 0.348. The van der Waals surface area contributed by atoms with Crippen LogP contribution in [0.4, 0.5) is 5.69 Å². The summed E-state index contributed by atoms with van der Waals surface area (Å²) in [6.07, 6.45) is 4.20. The summed E-state index contributed by atoms with van der Waals surface area (Å²) in [5.41, 5.74) is 1.71. The van der Waals surface area contributed by atoms with Gasteiger partial charge in [0.25, 0.3) is 5.91 Å². The number of benzene rings is 1. The Bertz CT molecular complexity index is 1190. The molecule has 3 amide bonds. The summed E-state index contributed by atoms with van der Waals surface area (Å²) in [5.74, 6) is 0.342. The maximum atomic E-state index is 13.0. The zero-order valence-electron chi connectivity index (χ0n) is 17.5. The van der Waals surface area contributed by atoms with Gasteiger partial charge in [-0.15, -0.1) is 10.2 Å². The lowest BCUT2D eigenvalue weighted by atomic mass is 9.96. The number of likely N-dealkylation sites (tertiary alicyclic amines) is 1. The molecule has 2 N–H and O–H groups in total. The first-order valence-electron chi connectivity index (χ1n) is 10.9. The van der Waals surface area contributed by atoms with Crippen molar-refractivity contribution in [3.05, 3.63) is 60.0 Å². The molecule has 3 aromatic rings. The molecule has 2 aliphatic heterocycles. The molecule has 9 nitrogen and oxygen atoms in total. The smallest absolute Gasteiger partial charge is 0.254 e. The van der Waals surface area contributed by atoms with Gasteiger partial charge < -0.3 is 15.5 Å². The highest BCUT2D eigenvalue weighted by molar-refractivity contribution is 6.09. The first-order chi connectivity index (χ1) is 15.6. The van der Waals surface area contributed by atoms with Crippen molar-refractivity contribution in [3.8, 4) is 0 Å². The van der Waals surface area contributed by atoms with Crippen LogP contribution in [0.3, 0.4) is 0 Å². The number of nitrogens with zero attached hydrogens (tertiary/aromatic N) is 4. The van der Waals surface area contributed by atoms with Crippen LogP contribution < -0.4 is 10.6 Å². The standard InChI is InChI=1S/C23H24N6O3/c30-20(11-10-18-23(32)24-17-8-2-1-7-16(17)22(31)25-18)28-12-5-6-15(14-28)21-27-26-19-9-3-4-13-29(19)21/h1-4,7-9,13,15,18H,5-6,10-12,14H2,(H,24,32)(H,25,31)/t15-,18+/m0/s1. The van der Waals surface area contributed by atoms with Crippen LogP contribution in [0.1, 0.15) is 47.8 Å². The molecule has 2 aliphatic rings. The number of carbonyl (C=O) groups excluding carboxylic acids is 3. The summed E-state index contributed by atoms with van der Waals surface area (Å²) in [4.78, 5) is 39.8. The van der Waals surface area contributed by atoms with Crippen molar-refractivity contribution in [2.45, 2.75) is 37.6 Å². The molecule has 164 valence electrons. The Morgan fingerprint density at radius 2 is 1.94 bits per heavy atom. The van der Waals surface area contributed by atoms with E-state index < -0.39 is 6.04 Å². The number of anilines is 1. The predicted octanol–water partition coefficient (Wildman–Crippen LogP) is 1.97. The van der Waals surface area contributed by atoms with Gasteiger partial charge in [0.05, 0.1) is 11.3 Å². The van der Waals surface area contributed by atoms with E-state index in [9.17, 15) is 14.4 Å². The second kappa shape index (κ2) is 8.41. The van der Waals surface area contributed by atoms with Crippen LogP contribution >= 0.6 is 0 Å². The number of amides is 3. The van der Waals surface area contributed by atoms with Crippen LogP contribution in [0.5, 0.6) is 0 Å². The third-order valence-electron chi connectivity index (χ3n) is 6.18. The summed E-state index contributed by atoms with van der Waals surface area (Å²) in [6, 6.07) is 11.9. The second-order valence-corrected chi connectivity index (χ2v) is 8.27. The lowest BCUT2D eigenvalue weighted by Gasteiger charge is -2.32. The number of para-hydroxylation sites is 1. The first kappa shape index (κ1) is 20.2. The average molecular weight is 432 g/mol. The maximum Gasteiger partial charge on any atom is 0.254 e. The molecule has 0 unspecified atom stereocenters. The molecule has 4 heterocycles. The van der Waals surface area contributed by atoms with E-state index in [4.69, 9.17) is 0 Å². The monoisotopic (exact) mass is 432 g/mol. The number of aromatic nitrogens is 3. The minimum Gasteiger partial charge on any atom is -0.342 e. The van der Waals surface area contributed by atoms with Gasteiger partial charge in [0.2, 0.25) is 11.8 Å². The molecule has 0 radical (unpaired) electrons. The molecule has 32 heavy (non-hydrogen) atoms. The average Bonchev–Trinajstić information content (AvgIpc) is 3.21. The van der Waals surface area contributed by atoms with Crippen molar-refractivity contribution in [2.24, 2.45) is 0 Å². The van der Waals surface area contributed by atoms with Crippen molar-refractivity contribution in [2.75, 3.05) is 18.4 Å². The van der Waals surface area contributed by atoms with Gasteiger partial charge in [-0.05, 0) is 43.5 Å². The molecule has 5 rings (SSSR count). The van der Waals surface area contributed by atoms with Gasteiger partial charge in [0.15, 0.2) is 5.65 Å². The zero-order chi connectivity index (χ0) is 22.1. The Kier molecular flexibility index (Phi) is 5.30. The molecule has 9 heteroatoms. The summed E-state index contributed by atoms with van der Waals surface area (Å²) in [6.45, 7) is 1.25. The van der Waals surface area contributed by atoms with Crippen molar-refractivity contribution in [1.29, 1.82) is 0 Å². The van der Waals surface area contributed by atoms with Gasteiger partial charge in [0, 0.05) is 31.6 Å². The van der Waals surface area contributed by atoms with Crippen LogP contribution in [0.25, 0.3) is 5.65 Å². The topological polar surface area (TPSA) is 109 Å². The van der Waals surface area contributed by atoms with E-state index in [0.29, 0.717) is 24.3 Å². The lowest BCUT2D eigenvalue weighted by molar-refractivity contribution is -0.132. The van der Waals surface area contributed by atoms with Crippen molar-refractivity contribution >= 4 is 29.1 Å². The SMILES string of the molecule is O=C1N[C@H](CCC(=O)N2CCC[C@H](c3nnc4ccccn34)C2)C(=O)Nc2ccccc21. The third kappa shape index (κ3) is 3.81. The molecule has 2 atom stereocenters. The van der Waals surface area contributed by atoms with E-state index in [1.807, 2.05) is 33.7 Å². The Morgan fingerprint density at radius 1 is 1.09 bits per heavy atom. The highest BCUT2D eigenvalue weighted by Gasteiger charge is 2.31.